The second kappa shape index (κ2) is 33.5. The van der Waals surface area contributed by atoms with E-state index in [0.717, 1.165) is 20.9 Å². The zero-order valence-electron chi connectivity index (χ0n) is 46.0. The number of benzene rings is 4. The highest BCUT2D eigenvalue weighted by molar-refractivity contribution is 6.27. The molecule has 0 radical (unpaired) electrons. The van der Waals surface area contributed by atoms with Crippen LogP contribution in [0.1, 0.15) is 78.2 Å². The number of hydrogen-bond acceptors (Lipinski definition) is 22. The minimum atomic E-state index is -1.24. The summed E-state index contributed by atoms with van der Waals surface area (Å²) in [4.78, 5) is 187. The molecule has 88 heavy (non-hydrogen) atoms. The number of aliphatic carboxylic acids is 4. The van der Waals surface area contributed by atoms with Crippen LogP contribution in [0.4, 0.5) is 11.4 Å². The fourth-order valence-electron chi connectivity index (χ4n) is 8.08. The first-order valence-corrected chi connectivity index (χ1v) is 25.8. The minimum Gasteiger partial charge on any atom is -0.480 e. The third kappa shape index (κ3) is 20.7. The Bertz CT molecular complexity index is 3340. The summed E-state index contributed by atoms with van der Waals surface area (Å²) in [6.45, 7) is -3.91. The maximum atomic E-state index is 13.0. The quantitative estimate of drug-likeness (QED) is 0.0336. The van der Waals surface area contributed by atoms with E-state index in [2.05, 4.69) is 35.5 Å². The molecule has 2 fully saturated rings. The summed E-state index contributed by atoms with van der Waals surface area (Å²) in [6.07, 6.45) is 0.0275. The lowest BCUT2D eigenvalue weighted by Crippen LogP contribution is -2.54. The highest BCUT2D eigenvalue weighted by Crippen LogP contribution is 2.34. The first-order valence-electron chi connectivity index (χ1n) is 25.8. The molecule has 4 heterocycles. The number of rotatable bonds is 24. The summed E-state index contributed by atoms with van der Waals surface area (Å²) in [5.41, 5.74) is 1.69. The van der Waals surface area contributed by atoms with Gasteiger partial charge in [0.25, 0.3) is 23.6 Å². The third-order valence-corrected chi connectivity index (χ3v) is 11.8. The lowest BCUT2D eigenvalue weighted by Gasteiger charge is -2.27. The molecule has 2 unspecified atom stereocenters. The molecule has 0 bridgehead atoms. The van der Waals surface area contributed by atoms with Crippen molar-refractivity contribution in [2.45, 2.75) is 51.0 Å². The van der Waals surface area contributed by atoms with Gasteiger partial charge >= 0.3 is 35.8 Å². The van der Waals surface area contributed by atoms with Crippen molar-refractivity contribution in [1.82, 2.24) is 20.4 Å². The third-order valence-electron chi connectivity index (χ3n) is 11.8. The van der Waals surface area contributed by atoms with E-state index in [4.69, 9.17) is 34.6 Å². The zero-order valence-corrected chi connectivity index (χ0v) is 46.0. The van der Waals surface area contributed by atoms with E-state index in [1.165, 1.54) is 36.4 Å². The highest BCUT2D eigenvalue weighted by Gasteiger charge is 2.47. The van der Waals surface area contributed by atoms with Crippen molar-refractivity contribution in [2.24, 2.45) is 0 Å². The number of ether oxygens (including phenoxy) is 6. The van der Waals surface area contributed by atoms with Crippen molar-refractivity contribution in [3.05, 3.63) is 130 Å². The number of amides is 10. The summed E-state index contributed by atoms with van der Waals surface area (Å²) < 4.78 is 28.4. The predicted octanol–water partition coefficient (Wildman–Crippen LogP) is -0.0830. The number of hydrogen-bond donors (Lipinski definition) is 8. The second-order valence-corrected chi connectivity index (χ2v) is 18.3. The van der Waals surface area contributed by atoms with Crippen LogP contribution in [0.25, 0.3) is 0 Å². The Morgan fingerprint density at radius 1 is 0.420 bits per heavy atom. The number of esters is 2. The molecule has 0 aromatic heterocycles. The Balaban J connectivity index is 0.000000236. The van der Waals surface area contributed by atoms with Gasteiger partial charge in [-0.1, -0.05) is 72.8 Å². The van der Waals surface area contributed by atoms with Crippen LogP contribution in [-0.4, -0.2) is 190 Å². The Labute approximate surface area is 495 Å². The Morgan fingerprint density at radius 3 is 1.09 bits per heavy atom. The molecule has 0 aliphatic carbocycles. The van der Waals surface area contributed by atoms with Gasteiger partial charge in [-0.2, -0.15) is 0 Å². The van der Waals surface area contributed by atoms with Gasteiger partial charge < -0.3 is 59.5 Å². The van der Waals surface area contributed by atoms with Gasteiger partial charge in [-0.15, -0.1) is 0 Å². The number of imide groups is 4. The lowest BCUT2D eigenvalue weighted by molar-refractivity contribution is -0.154. The van der Waals surface area contributed by atoms with Gasteiger partial charge in [0.1, 0.15) is 78.2 Å². The first kappa shape index (κ1) is 67.8. The normalized spacial score (nSPS) is 15.5. The molecule has 4 aromatic rings. The molecule has 4 aliphatic rings. The van der Waals surface area contributed by atoms with Crippen LogP contribution < -0.4 is 21.3 Å². The molecule has 464 valence electrons. The van der Waals surface area contributed by atoms with E-state index in [-0.39, 0.29) is 79.1 Å². The van der Waals surface area contributed by atoms with Crippen LogP contribution in [0.5, 0.6) is 0 Å². The summed E-state index contributed by atoms with van der Waals surface area (Å²) in [7, 11) is 0. The predicted molar refractivity (Wildman–Crippen MR) is 290 cm³/mol. The number of carbonyl (C=O) groups is 16. The number of carboxylic acid groups (broad SMARTS) is 4. The molecule has 8 N–H and O–H groups in total. The van der Waals surface area contributed by atoms with Crippen LogP contribution >= 0.6 is 0 Å². The minimum absolute atomic E-state index is 0.00146. The molecule has 8 rings (SSSR count). The summed E-state index contributed by atoms with van der Waals surface area (Å²) in [5, 5.41) is 41.7. The Kier molecular flexibility index (Phi) is 25.8. The fourth-order valence-corrected chi connectivity index (χ4v) is 8.08. The van der Waals surface area contributed by atoms with Crippen LogP contribution in [-0.2, 0) is 99.2 Å². The van der Waals surface area contributed by atoms with Crippen LogP contribution in [0.2, 0.25) is 0 Å². The average Bonchev–Trinajstić information content (AvgIpc) is 1.64. The molecular formula is C56H54N6O26. The molecule has 0 spiro atoms. The molecule has 32 heteroatoms. The van der Waals surface area contributed by atoms with Crippen molar-refractivity contribution in [3.63, 3.8) is 0 Å². The van der Waals surface area contributed by atoms with Gasteiger partial charge in [-0.3, -0.25) is 68.4 Å². The van der Waals surface area contributed by atoms with Crippen LogP contribution in [0, 0.1) is 0 Å². The van der Waals surface area contributed by atoms with Gasteiger partial charge in [0.05, 0.1) is 33.6 Å². The molecule has 32 nitrogen and oxygen atoms in total. The number of piperidine rings is 2. The molecule has 0 saturated carbocycles. The monoisotopic (exact) mass is 1230 g/mol. The number of anilines is 2. The van der Waals surface area contributed by atoms with Gasteiger partial charge in [0.15, 0.2) is 0 Å². The number of nitrogens with zero attached hydrogens (tertiary/aromatic N) is 2. The standard InChI is InChI=1S/C24H21N3O8.C17H15N3O8.C11H12O5.C4H6O5/c28-18-10-9-17(22(31)26-18)27-23(32)15-7-4-8-16(21(15)24(27)33)25-19(29)12-34-13-20(30)35-11-14-5-2-1-3-6-14;21-11-5-4-10(15(25)19-11)20-16(26)8-2-1-3-9(14(8)17(20)27)18-12(22)6-28-7-13(23)24;12-10(13)7-15-8-11(14)16-6-9-4-2-1-3-5-9;5-3(6)1-9-2-4(7)8/h1-8,17H,9-13H2,(H,25,29)(H,26,28,31);1-3,10H,4-7H2,(H,18,22)(H,23,24)(H,19,21,25);1-5H,6-8H2,(H,12,13);1-2H2,(H,5,6)(H,7,8). The van der Waals surface area contributed by atoms with Gasteiger partial charge in [0.2, 0.25) is 35.4 Å². The summed E-state index contributed by atoms with van der Waals surface area (Å²) >= 11 is 0. The van der Waals surface area contributed by atoms with Crippen molar-refractivity contribution in [3.8, 4) is 0 Å². The van der Waals surface area contributed by atoms with Crippen LogP contribution in [0.3, 0.4) is 0 Å². The SMILES string of the molecule is O=C(O)COCC(=O)Nc1cccc2c1C(=O)N(C1CCC(=O)NC1=O)C2=O.O=C(O)COCC(=O)O.O=C(O)COCC(=O)OCc1ccccc1.O=C1CCC(N2C(=O)c3cccc(NC(=O)COCC(=O)OCc4ccccc4)c3C2=O)C(=O)N1. The maximum Gasteiger partial charge on any atom is 0.332 e. The zero-order chi connectivity index (χ0) is 64.5. The van der Waals surface area contributed by atoms with Crippen LogP contribution in [0.15, 0.2) is 97.1 Å². The van der Waals surface area contributed by atoms with Crippen molar-refractivity contribution < 1.29 is 126 Å². The largest absolute Gasteiger partial charge is 0.480 e. The number of nitrogens with one attached hydrogen (secondary N) is 4. The van der Waals surface area contributed by atoms with E-state index in [1.807, 2.05) is 48.5 Å². The van der Waals surface area contributed by atoms with E-state index in [9.17, 15) is 76.7 Å². The Morgan fingerprint density at radius 2 is 0.750 bits per heavy atom. The van der Waals surface area contributed by atoms with Gasteiger partial charge in [-0.25, -0.2) is 28.8 Å². The van der Waals surface area contributed by atoms with Crippen molar-refractivity contribution in [2.75, 3.05) is 63.5 Å². The number of fused-ring (bicyclic) bond motifs is 2. The Hall–Kier alpha value is -11.0. The second-order valence-electron chi connectivity index (χ2n) is 18.3. The van der Waals surface area contributed by atoms with Crippen molar-refractivity contribution >= 4 is 106 Å². The number of carbonyl (C=O) groups excluding carboxylic acids is 12. The number of carboxylic acids is 4. The van der Waals surface area contributed by atoms with Gasteiger partial charge in [-0.05, 0) is 48.2 Å². The summed E-state index contributed by atoms with van der Waals surface area (Å²) in [6, 6.07) is 24.6. The summed E-state index contributed by atoms with van der Waals surface area (Å²) in [5.74, 6) is -12.6. The van der Waals surface area contributed by atoms with E-state index in [1.54, 1.807) is 12.1 Å². The van der Waals surface area contributed by atoms with Gasteiger partial charge in [0, 0.05) is 12.8 Å². The smallest absolute Gasteiger partial charge is 0.332 e. The topological polar surface area (TPSA) is 464 Å². The highest BCUT2D eigenvalue weighted by atomic mass is 16.6. The first-order chi connectivity index (χ1) is 41.9. The van der Waals surface area contributed by atoms with Crippen molar-refractivity contribution in [1.29, 1.82) is 0 Å². The molecular weight excluding hydrogens is 1170 g/mol. The molecule has 4 aliphatic heterocycles. The maximum absolute atomic E-state index is 13.0. The van der Waals surface area contributed by atoms with E-state index < -0.39 is 153 Å². The molecule has 10 amide bonds. The fraction of sp³-hybridized carbons (Fsp3) is 0.286. The molecule has 2 saturated heterocycles. The molecule has 2 atom stereocenters. The average molecular weight is 1230 g/mol. The lowest BCUT2D eigenvalue weighted by atomic mass is 10.0. The van der Waals surface area contributed by atoms with E-state index in [0.29, 0.717) is 0 Å². The van der Waals surface area contributed by atoms with E-state index >= 15 is 0 Å². The molecule has 4 aromatic carbocycles.